The van der Waals surface area contributed by atoms with Crippen LogP contribution in [0.2, 0.25) is 0 Å². The minimum Gasteiger partial charge on any atom is -0.339 e. The van der Waals surface area contributed by atoms with Crippen LogP contribution in [-0.2, 0) is 10.0 Å². The second-order valence-corrected chi connectivity index (χ2v) is 10.6. The minimum atomic E-state index is -3.38. The Kier molecular flexibility index (Phi) is 5.76. The Morgan fingerprint density at radius 2 is 1.68 bits per heavy atom. The fourth-order valence-corrected chi connectivity index (χ4v) is 5.67. The zero-order chi connectivity index (χ0) is 22.2. The van der Waals surface area contributed by atoms with Gasteiger partial charge in [-0.2, -0.15) is 5.26 Å². The first-order valence-corrected chi connectivity index (χ1v) is 12.3. The number of sulfonamides is 1. The van der Waals surface area contributed by atoms with Gasteiger partial charge in [0.2, 0.25) is 10.0 Å². The summed E-state index contributed by atoms with van der Waals surface area (Å²) in [7, 11) is -3.38. The predicted octanol–water partition coefficient (Wildman–Crippen LogP) is 4.10. The Labute approximate surface area is 183 Å². The van der Waals surface area contributed by atoms with Gasteiger partial charge in [-0.15, -0.1) is 0 Å². The summed E-state index contributed by atoms with van der Waals surface area (Å²) in [4.78, 5) is 15.1. The van der Waals surface area contributed by atoms with Crippen LogP contribution in [0.4, 0.5) is 5.69 Å². The van der Waals surface area contributed by atoms with Gasteiger partial charge in [-0.3, -0.25) is 9.52 Å². The molecule has 0 bridgehead atoms. The van der Waals surface area contributed by atoms with Crippen molar-refractivity contribution in [3.8, 4) is 6.07 Å². The van der Waals surface area contributed by atoms with Crippen molar-refractivity contribution in [2.24, 2.45) is 0 Å². The lowest BCUT2D eigenvalue weighted by Crippen LogP contribution is -2.38. The third-order valence-electron chi connectivity index (χ3n) is 6.31. The van der Waals surface area contributed by atoms with E-state index in [1.54, 1.807) is 6.07 Å². The maximum absolute atomic E-state index is 13.2. The highest BCUT2D eigenvalue weighted by Crippen LogP contribution is 2.33. The van der Waals surface area contributed by atoms with E-state index in [0.717, 1.165) is 24.0 Å². The lowest BCUT2D eigenvalue weighted by Gasteiger charge is -2.33. The lowest BCUT2D eigenvalue weighted by atomic mass is 9.88. The molecule has 4 rings (SSSR count). The zero-order valence-electron chi connectivity index (χ0n) is 17.9. The molecule has 2 aromatic carbocycles. The summed E-state index contributed by atoms with van der Waals surface area (Å²) >= 11 is 0. The lowest BCUT2D eigenvalue weighted by molar-refractivity contribution is 0.0712. The molecule has 1 heterocycles. The van der Waals surface area contributed by atoms with Crippen molar-refractivity contribution in [3.05, 3.63) is 64.2 Å². The molecule has 31 heavy (non-hydrogen) atoms. The minimum absolute atomic E-state index is 0.0531. The van der Waals surface area contributed by atoms with E-state index in [1.807, 2.05) is 49.1 Å². The molecule has 6 nitrogen and oxygen atoms in total. The van der Waals surface area contributed by atoms with Crippen LogP contribution < -0.4 is 4.72 Å². The van der Waals surface area contributed by atoms with E-state index < -0.39 is 10.0 Å². The van der Waals surface area contributed by atoms with Gasteiger partial charge >= 0.3 is 0 Å². The van der Waals surface area contributed by atoms with Gasteiger partial charge < -0.3 is 4.90 Å². The first kappa shape index (κ1) is 21.4. The zero-order valence-corrected chi connectivity index (χ0v) is 18.7. The molecule has 0 unspecified atom stereocenters. The number of carbonyl (C=O) groups is 1. The average molecular weight is 438 g/mol. The number of nitrogens with zero attached hydrogens (tertiary/aromatic N) is 2. The second-order valence-electron chi connectivity index (χ2n) is 8.63. The molecule has 1 aliphatic carbocycles. The molecule has 1 saturated heterocycles. The number of aryl methyl sites for hydroxylation is 2. The molecule has 1 amide bonds. The van der Waals surface area contributed by atoms with Gasteiger partial charge in [-0.1, -0.05) is 18.2 Å². The van der Waals surface area contributed by atoms with Crippen LogP contribution in [0, 0.1) is 25.2 Å². The number of hydrogen-bond acceptors (Lipinski definition) is 4. The number of hydrogen-bond donors (Lipinski definition) is 1. The molecule has 1 aliphatic heterocycles. The molecule has 7 heteroatoms. The summed E-state index contributed by atoms with van der Waals surface area (Å²) in [6, 6.07) is 13.4. The van der Waals surface area contributed by atoms with Crippen molar-refractivity contribution in [2.75, 3.05) is 17.8 Å². The molecule has 0 spiro atoms. The Morgan fingerprint density at radius 3 is 2.26 bits per heavy atom. The summed E-state index contributed by atoms with van der Waals surface area (Å²) < 4.78 is 27.4. The monoisotopic (exact) mass is 437 g/mol. The quantitative estimate of drug-likeness (QED) is 0.762. The van der Waals surface area contributed by atoms with Crippen LogP contribution in [0.25, 0.3) is 0 Å². The topological polar surface area (TPSA) is 90.3 Å². The number of benzene rings is 2. The number of piperidine rings is 1. The van der Waals surface area contributed by atoms with Crippen molar-refractivity contribution in [2.45, 2.75) is 50.7 Å². The fraction of sp³-hybridized carbons (Fsp3) is 0.417. The Morgan fingerprint density at radius 1 is 1.03 bits per heavy atom. The van der Waals surface area contributed by atoms with E-state index in [0.29, 0.717) is 48.7 Å². The average Bonchev–Trinajstić information content (AvgIpc) is 3.62. The van der Waals surface area contributed by atoms with Gasteiger partial charge in [-0.25, -0.2) is 8.42 Å². The second kappa shape index (κ2) is 8.35. The van der Waals surface area contributed by atoms with Crippen LogP contribution in [0.1, 0.15) is 64.2 Å². The molecule has 2 fully saturated rings. The molecular weight excluding hydrogens is 410 g/mol. The summed E-state index contributed by atoms with van der Waals surface area (Å²) in [5.74, 6) is 0.319. The van der Waals surface area contributed by atoms with Crippen molar-refractivity contribution in [1.29, 1.82) is 5.26 Å². The summed E-state index contributed by atoms with van der Waals surface area (Å²) in [5, 5.41) is 8.65. The SMILES string of the molecule is Cc1cc(C)c(C(=O)N2CCC(c3ccc(C#N)cc3)CC2)cc1NS(=O)(=O)C1CC1. The number of nitriles is 1. The van der Waals surface area contributed by atoms with Gasteiger partial charge in [-0.05, 0) is 80.3 Å². The van der Waals surface area contributed by atoms with E-state index in [4.69, 9.17) is 5.26 Å². The highest BCUT2D eigenvalue weighted by atomic mass is 32.2. The van der Waals surface area contributed by atoms with E-state index in [1.165, 1.54) is 5.56 Å². The Hall–Kier alpha value is -2.85. The van der Waals surface area contributed by atoms with E-state index in [9.17, 15) is 13.2 Å². The van der Waals surface area contributed by atoms with Crippen molar-refractivity contribution in [3.63, 3.8) is 0 Å². The smallest absolute Gasteiger partial charge is 0.254 e. The third kappa shape index (κ3) is 4.59. The molecule has 0 aromatic heterocycles. The molecular formula is C24H27N3O3S. The maximum Gasteiger partial charge on any atom is 0.254 e. The molecule has 1 saturated carbocycles. The number of amides is 1. The van der Waals surface area contributed by atoms with E-state index in [-0.39, 0.29) is 11.2 Å². The van der Waals surface area contributed by atoms with Crippen LogP contribution in [0.15, 0.2) is 36.4 Å². The molecule has 0 atom stereocenters. The van der Waals surface area contributed by atoms with Crippen LogP contribution in [-0.4, -0.2) is 37.6 Å². The molecule has 0 radical (unpaired) electrons. The van der Waals surface area contributed by atoms with Gasteiger partial charge in [0, 0.05) is 18.7 Å². The van der Waals surface area contributed by atoms with E-state index >= 15 is 0 Å². The maximum atomic E-state index is 13.2. The molecule has 2 aliphatic rings. The molecule has 162 valence electrons. The summed E-state index contributed by atoms with van der Waals surface area (Å²) in [5.41, 5.74) is 4.57. The van der Waals surface area contributed by atoms with E-state index in [2.05, 4.69) is 10.8 Å². The molecule has 2 aromatic rings. The fourth-order valence-electron chi connectivity index (χ4n) is 4.22. The highest BCUT2D eigenvalue weighted by molar-refractivity contribution is 7.93. The van der Waals surface area contributed by atoms with Crippen LogP contribution >= 0.6 is 0 Å². The number of nitrogens with one attached hydrogen (secondary N) is 1. The Bertz CT molecular complexity index is 1140. The number of rotatable bonds is 5. The summed E-state index contributed by atoms with van der Waals surface area (Å²) in [6.07, 6.45) is 3.12. The summed E-state index contributed by atoms with van der Waals surface area (Å²) in [6.45, 7) is 5.05. The first-order valence-electron chi connectivity index (χ1n) is 10.7. The normalized spacial score (nSPS) is 17.3. The third-order valence-corrected chi connectivity index (χ3v) is 8.16. The van der Waals surface area contributed by atoms with Crippen molar-refractivity contribution < 1.29 is 13.2 Å². The van der Waals surface area contributed by atoms with Gasteiger partial charge in [0.15, 0.2) is 0 Å². The largest absolute Gasteiger partial charge is 0.339 e. The van der Waals surface area contributed by atoms with Gasteiger partial charge in [0.05, 0.1) is 22.6 Å². The van der Waals surface area contributed by atoms with Crippen molar-refractivity contribution >= 4 is 21.6 Å². The van der Waals surface area contributed by atoms with Crippen LogP contribution in [0.3, 0.4) is 0 Å². The highest BCUT2D eigenvalue weighted by Gasteiger charge is 2.36. The number of likely N-dealkylation sites (tertiary alicyclic amines) is 1. The standard InChI is InChI=1S/C24H27N3O3S/c1-16-13-17(2)23(26-31(29,30)21-7-8-21)14-22(16)24(28)27-11-9-20(10-12-27)19-5-3-18(15-25)4-6-19/h3-6,13-14,20-21,26H,7-12H2,1-2H3. The van der Waals surface area contributed by atoms with Gasteiger partial charge in [0.25, 0.3) is 5.91 Å². The molecule has 1 N–H and O–H groups in total. The first-order chi connectivity index (χ1) is 14.8. The predicted molar refractivity (Wildman–Crippen MR) is 121 cm³/mol. The van der Waals surface area contributed by atoms with Crippen LogP contribution in [0.5, 0.6) is 0 Å². The van der Waals surface area contributed by atoms with Gasteiger partial charge in [0.1, 0.15) is 0 Å². The van der Waals surface area contributed by atoms with Crippen molar-refractivity contribution in [1.82, 2.24) is 4.90 Å². The number of carbonyl (C=O) groups excluding carboxylic acids is 1. The Balaban J connectivity index is 1.47. The number of anilines is 1.